The van der Waals surface area contributed by atoms with Gasteiger partial charge in [-0.3, -0.25) is 4.90 Å². The van der Waals surface area contributed by atoms with Crippen LogP contribution in [0.4, 0.5) is 0 Å². The summed E-state index contributed by atoms with van der Waals surface area (Å²) in [6.45, 7) is 11.1. The number of rotatable bonds is 1. The van der Waals surface area contributed by atoms with Crippen LogP contribution in [-0.2, 0) is 0 Å². The summed E-state index contributed by atoms with van der Waals surface area (Å²) in [5.41, 5.74) is 0.849. The lowest BCUT2D eigenvalue weighted by atomic mass is 9.43. The molecule has 4 nitrogen and oxygen atoms in total. The van der Waals surface area contributed by atoms with E-state index in [0.29, 0.717) is 17.9 Å². The van der Waals surface area contributed by atoms with Crippen LogP contribution in [0, 0.1) is 39.9 Å². The third-order valence-electron chi connectivity index (χ3n) is 10.6. The van der Waals surface area contributed by atoms with Crippen molar-refractivity contribution in [1.82, 2.24) is 4.90 Å². The molecule has 3 N–H and O–H groups in total. The minimum absolute atomic E-state index is 0.0547. The zero-order valence-corrected chi connectivity index (χ0v) is 16.1. The first-order valence-electron chi connectivity index (χ1n) is 10.8. The first-order chi connectivity index (χ1) is 12.3. The second-order valence-electron chi connectivity index (χ2n) is 10.9. The number of piperidine rings is 1. The molecule has 1 aliphatic heterocycles. The molecule has 0 radical (unpaired) electrons. The lowest BCUT2D eigenvalue weighted by molar-refractivity contribution is -0.218. The van der Waals surface area contributed by atoms with E-state index in [-0.39, 0.29) is 34.2 Å². The zero-order valence-electron chi connectivity index (χ0n) is 16.1. The van der Waals surface area contributed by atoms with Crippen LogP contribution in [-0.4, -0.2) is 57.7 Å². The largest absolute Gasteiger partial charge is 0.392 e. The van der Waals surface area contributed by atoms with Crippen LogP contribution >= 0.6 is 0 Å². The Morgan fingerprint density at radius 2 is 1.96 bits per heavy atom. The molecule has 1 saturated heterocycles. The summed E-state index contributed by atoms with van der Waals surface area (Å²) in [4.78, 5) is 2.65. The number of fused-ring (bicyclic) bond motifs is 1. The van der Waals surface area contributed by atoms with Gasteiger partial charge in [-0.1, -0.05) is 20.4 Å². The highest BCUT2D eigenvalue weighted by Gasteiger charge is 2.85. The Kier molecular flexibility index (Phi) is 2.92. The molecule has 5 saturated carbocycles. The van der Waals surface area contributed by atoms with E-state index in [9.17, 15) is 15.3 Å². The van der Waals surface area contributed by atoms with E-state index in [1.807, 2.05) is 0 Å². The molecule has 0 amide bonds. The fraction of sp³-hybridized carbons (Fsp3) is 0.909. The highest BCUT2D eigenvalue weighted by molar-refractivity contribution is 5.39. The molecule has 5 unspecified atom stereocenters. The van der Waals surface area contributed by atoms with E-state index in [4.69, 9.17) is 0 Å². The second kappa shape index (κ2) is 4.59. The van der Waals surface area contributed by atoms with Gasteiger partial charge in [0.05, 0.1) is 18.3 Å². The molecule has 4 heteroatoms. The van der Waals surface area contributed by atoms with Gasteiger partial charge in [0.2, 0.25) is 0 Å². The van der Waals surface area contributed by atoms with Crippen LogP contribution in [0.25, 0.3) is 0 Å². The average Bonchev–Trinajstić information content (AvgIpc) is 3.14. The van der Waals surface area contributed by atoms with Crippen molar-refractivity contribution in [3.05, 3.63) is 12.2 Å². The van der Waals surface area contributed by atoms with Crippen molar-refractivity contribution >= 4 is 0 Å². The summed E-state index contributed by atoms with van der Waals surface area (Å²) >= 11 is 0. The number of likely N-dealkylation sites (tertiary alicyclic amines) is 1. The fourth-order valence-corrected chi connectivity index (χ4v) is 9.97. The fourth-order valence-electron chi connectivity index (χ4n) is 9.97. The average molecular weight is 360 g/mol. The van der Waals surface area contributed by atoms with Crippen LogP contribution in [0.15, 0.2) is 12.2 Å². The molecule has 7 bridgehead atoms. The van der Waals surface area contributed by atoms with Crippen molar-refractivity contribution in [3.63, 3.8) is 0 Å². The third kappa shape index (κ3) is 1.37. The van der Waals surface area contributed by atoms with Crippen molar-refractivity contribution in [1.29, 1.82) is 0 Å². The summed E-state index contributed by atoms with van der Waals surface area (Å²) in [5.74, 6) is 1.26. The molecule has 11 atom stereocenters. The molecular weight excluding hydrogens is 326 g/mol. The zero-order chi connectivity index (χ0) is 18.2. The van der Waals surface area contributed by atoms with Crippen molar-refractivity contribution in [2.45, 2.75) is 70.3 Å². The minimum atomic E-state index is -0.500. The molecule has 0 aromatic carbocycles. The van der Waals surface area contributed by atoms with E-state index >= 15 is 0 Å². The van der Waals surface area contributed by atoms with Crippen LogP contribution in [0.1, 0.15) is 46.0 Å². The molecule has 0 aromatic rings. The maximum absolute atomic E-state index is 11.5. The Balaban J connectivity index is 1.61. The van der Waals surface area contributed by atoms with Gasteiger partial charge in [0.25, 0.3) is 0 Å². The van der Waals surface area contributed by atoms with E-state index in [1.165, 1.54) is 0 Å². The summed E-state index contributed by atoms with van der Waals surface area (Å²) in [7, 11) is 0. The molecule has 1 heterocycles. The SMILES string of the molecule is C=C1C2C[C@@]3(C4CC5C6(C3C[C@@H]2O)[C@@H](O)CC[C@@]5(C)CN(CC)[C@H]46)[C@@H]1O. The number of hydrogen-bond donors (Lipinski definition) is 3. The normalized spacial score (nSPS) is 65.5. The Bertz CT molecular complexity index is 695. The van der Waals surface area contributed by atoms with Crippen molar-refractivity contribution in [2.24, 2.45) is 39.9 Å². The standard InChI is InChI=1S/C22H33NO3/c1-4-23-10-20(3)6-5-17(25)22-15(20)7-13(18(22)23)21-9-12(11(2)19(21)26)14(24)8-16(21)22/h12-19,24-26H,2,4-10H2,1,3H3/t12?,13?,14-,15?,16?,17-,18+,19+,20-,21-,22?/m0/s1. The first-order valence-corrected chi connectivity index (χ1v) is 10.8. The Hall–Kier alpha value is -0.420. The molecule has 144 valence electrons. The highest BCUT2D eigenvalue weighted by Crippen LogP contribution is 2.83. The summed E-state index contributed by atoms with van der Waals surface area (Å²) in [6, 6.07) is 0.373. The van der Waals surface area contributed by atoms with Gasteiger partial charge in [-0.2, -0.15) is 0 Å². The quantitative estimate of drug-likeness (QED) is 0.625. The molecule has 2 spiro atoms. The van der Waals surface area contributed by atoms with Crippen LogP contribution < -0.4 is 0 Å². The Morgan fingerprint density at radius 1 is 1.19 bits per heavy atom. The molecule has 6 aliphatic rings. The molecular formula is C22H33NO3. The highest BCUT2D eigenvalue weighted by atomic mass is 16.3. The topological polar surface area (TPSA) is 63.9 Å². The molecule has 0 aromatic heterocycles. The summed E-state index contributed by atoms with van der Waals surface area (Å²) in [6.07, 6.45) is 3.58. The third-order valence-corrected chi connectivity index (χ3v) is 10.6. The Labute approximate surface area is 156 Å². The van der Waals surface area contributed by atoms with E-state index in [1.54, 1.807) is 0 Å². The van der Waals surface area contributed by atoms with Gasteiger partial charge < -0.3 is 15.3 Å². The smallest absolute Gasteiger partial charge is 0.0813 e. The number of aliphatic hydroxyl groups excluding tert-OH is 3. The second-order valence-corrected chi connectivity index (χ2v) is 10.9. The number of aliphatic hydroxyl groups is 3. The van der Waals surface area contributed by atoms with Gasteiger partial charge in [-0.05, 0) is 67.4 Å². The van der Waals surface area contributed by atoms with Crippen molar-refractivity contribution < 1.29 is 15.3 Å². The molecule has 26 heavy (non-hydrogen) atoms. The first kappa shape index (κ1) is 16.5. The number of hydrogen-bond acceptors (Lipinski definition) is 4. The van der Waals surface area contributed by atoms with Crippen LogP contribution in [0.2, 0.25) is 0 Å². The predicted molar refractivity (Wildman–Crippen MR) is 98.2 cm³/mol. The van der Waals surface area contributed by atoms with E-state index < -0.39 is 12.2 Å². The lowest BCUT2D eigenvalue weighted by Gasteiger charge is -2.65. The lowest BCUT2D eigenvalue weighted by Crippen LogP contribution is -2.68. The van der Waals surface area contributed by atoms with Gasteiger partial charge in [0, 0.05) is 29.3 Å². The maximum atomic E-state index is 11.5. The van der Waals surface area contributed by atoms with Gasteiger partial charge in [0.15, 0.2) is 0 Å². The maximum Gasteiger partial charge on any atom is 0.0813 e. The van der Waals surface area contributed by atoms with Gasteiger partial charge in [-0.15, -0.1) is 0 Å². The molecule has 6 fully saturated rings. The number of nitrogens with zero attached hydrogens (tertiary/aromatic N) is 1. The van der Waals surface area contributed by atoms with Gasteiger partial charge >= 0.3 is 0 Å². The van der Waals surface area contributed by atoms with Crippen molar-refractivity contribution in [2.75, 3.05) is 13.1 Å². The summed E-state index contributed by atoms with van der Waals surface area (Å²) in [5, 5.41) is 33.8. The van der Waals surface area contributed by atoms with Crippen molar-refractivity contribution in [3.8, 4) is 0 Å². The Morgan fingerprint density at radius 3 is 2.69 bits per heavy atom. The minimum Gasteiger partial charge on any atom is -0.392 e. The van der Waals surface area contributed by atoms with E-state index in [0.717, 1.165) is 50.8 Å². The molecule has 5 aliphatic carbocycles. The van der Waals surface area contributed by atoms with Gasteiger partial charge in [-0.25, -0.2) is 0 Å². The van der Waals surface area contributed by atoms with Gasteiger partial charge in [0.1, 0.15) is 0 Å². The van der Waals surface area contributed by atoms with Crippen LogP contribution in [0.5, 0.6) is 0 Å². The molecule has 6 rings (SSSR count). The predicted octanol–water partition coefficient (Wildman–Crippen LogP) is 1.79. The van der Waals surface area contributed by atoms with E-state index in [2.05, 4.69) is 25.3 Å². The van der Waals surface area contributed by atoms with Crippen LogP contribution in [0.3, 0.4) is 0 Å². The summed E-state index contributed by atoms with van der Waals surface area (Å²) < 4.78 is 0. The monoisotopic (exact) mass is 359 g/mol.